The Balaban J connectivity index is 0.00000180. The minimum atomic E-state index is -4.31. The first kappa shape index (κ1) is 19.6. The van der Waals surface area contributed by atoms with Gasteiger partial charge in [0.15, 0.2) is 6.04 Å². The number of hydrogen-bond acceptors (Lipinski definition) is 3. The maximum absolute atomic E-state index is 13.2. The maximum Gasteiger partial charge on any atom is 0.411 e. The first-order valence-electron chi connectivity index (χ1n) is 6.12. The zero-order chi connectivity index (χ0) is 13.2. The van der Waals surface area contributed by atoms with Crippen molar-refractivity contribution in [1.82, 2.24) is 10.2 Å². The van der Waals surface area contributed by atoms with Gasteiger partial charge in [-0.25, -0.2) is 0 Å². The summed E-state index contributed by atoms with van der Waals surface area (Å²) in [6.45, 7) is 3.77. The molecular weight excluding hydrogens is 316 g/mol. The lowest BCUT2D eigenvalue weighted by Gasteiger charge is -2.34. The van der Waals surface area contributed by atoms with Crippen LogP contribution in [0, 0.1) is 0 Å². The van der Waals surface area contributed by atoms with Crippen LogP contribution in [0.5, 0.6) is 0 Å². The molecule has 0 spiro atoms. The molecule has 0 aliphatic carbocycles. The molecule has 118 valence electrons. The Labute approximate surface area is 128 Å². The van der Waals surface area contributed by atoms with Crippen molar-refractivity contribution < 1.29 is 17.6 Å². The van der Waals surface area contributed by atoms with E-state index in [9.17, 15) is 13.2 Å². The second-order valence-electron chi connectivity index (χ2n) is 4.39. The van der Waals surface area contributed by atoms with E-state index in [1.165, 1.54) is 11.0 Å². The Morgan fingerprint density at radius 3 is 2.30 bits per heavy atom. The normalized spacial score (nSPS) is 18.0. The van der Waals surface area contributed by atoms with Crippen molar-refractivity contribution in [3.63, 3.8) is 0 Å². The number of hydrogen-bond donors (Lipinski definition) is 1. The number of piperazine rings is 1. The third-order valence-corrected chi connectivity index (χ3v) is 3.13. The van der Waals surface area contributed by atoms with E-state index in [-0.39, 0.29) is 30.6 Å². The molecule has 2 rings (SSSR count). The highest BCUT2D eigenvalue weighted by Gasteiger charge is 2.46. The van der Waals surface area contributed by atoms with E-state index >= 15 is 0 Å². The topological polar surface area (TPSA) is 28.4 Å². The summed E-state index contributed by atoms with van der Waals surface area (Å²) in [5.74, 6) is 0.593. The van der Waals surface area contributed by atoms with Crippen LogP contribution in [0.4, 0.5) is 13.2 Å². The van der Waals surface area contributed by atoms with Crippen molar-refractivity contribution in [1.29, 1.82) is 0 Å². The molecule has 1 aliphatic heterocycles. The van der Waals surface area contributed by atoms with E-state index < -0.39 is 12.2 Å². The molecular formula is C12H19Cl2F3N2O. The molecule has 0 saturated carbocycles. The van der Waals surface area contributed by atoms with Crippen LogP contribution in [-0.2, 0) is 6.42 Å². The molecule has 1 aromatic heterocycles. The van der Waals surface area contributed by atoms with Gasteiger partial charge in [0.2, 0.25) is 0 Å². The molecule has 1 fully saturated rings. The summed E-state index contributed by atoms with van der Waals surface area (Å²) in [6.07, 6.45) is -3.70. The molecule has 1 atom stereocenters. The number of alkyl halides is 3. The fourth-order valence-corrected chi connectivity index (χ4v) is 2.22. The first-order chi connectivity index (χ1) is 8.52. The second kappa shape index (κ2) is 8.12. The molecule has 1 aliphatic rings. The third-order valence-electron chi connectivity index (χ3n) is 3.13. The molecule has 0 unspecified atom stereocenters. The molecule has 2 heterocycles. The summed E-state index contributed by atoms with van der Waals surface area (Å²) in [4.78, 5) is 1.43. The van der Waals surface area contributed by atoms with Crippen LogP contribution in [0.3, 0.4) is 0 Å². The van der Waals surface area contributed by atoms with Gasteiger partial charge in [0, 0.05) is 32.6 Å². The Kier molecular flexibility index (Phi) is 7.95. The van der Waals surface area contributed by atoms with Gasteiger partial charge < -0.3 is 9.73 Å². The largest absolute Gasteiger partial charge is 0.464 e. The van der Waals surface area contributed by atoms with Crippen molar-refractivity contribution in [3.05, 3.63) is 23.7 Å². The van der Waals surface area contributed by atoms with E-state index in [1.807, 2.05) is 6.92 Å². The van der Waals surface area contributed by atoms with E-state index in [0.29, 0.717) is 38.4 Å². The molecule has 1 aromatic rings. The van der Waals surface area contributed by atoms with Crippen molar-refractivity contribution in [3.8, 4) is 0 Å². The highest BCUT2D eigenvalue weighted by atomic mass is 35.5. The minimum Gasteiger partial charge on any atom is -0.464 e. The van der Waals surface area contributed by atoms with Crippen LogP contribution >= 0.6 is 24.8 Å². The van der Waals surface area contributed by atoms with Gasteiger partial charge in [-0.05, 0) is 12.1 Å². The maximum atomic E-state index is 13.2. The van der Waals surface area contributed by atoms with Gasteiger partial charge in [0.25, 0.3) is 0 Å². The van der Waals surface area contributed by atoms with Crippen LogP contribution in [0.2, 0.25) is 0 Å². The Morgan fingerprint density at radius 2 is 1.85 bits per heavy atom. The number of aryl methyl sites for hydroxylation is 1. The van der Waals surface area contributed by atoms with Crippen molar-refractivity contribution in [2.24, 2.45) is 0 Å². The van der Waals surface area contributed by atoms with E-state index in [4.69, 9.17) is 4.42 Å². The average molecular weight is 335 g/mol. The molecule has 8 heteroatoms. The zero-order valence-electron chi connectivity index (χ0n) is 11.1. The van der Waals surface area contributed by atoms with Gasteiger partial charge in [0.1, 0.15) is 11.5 Å². The standard InChI is InChI=1S/C12H17F3N2O.2ClH/c1-2-9-3-4-10(18-9)11(12(13,14)15)17-7-5-16-6-8-17;;/h3-4,11,16H,2,5-8H2,1H3;2*1H/t11-;;/m1../s1. The van der Waals surface area contributed by atoms with Gasteiger partial charge in [0.05, 0.1) is 0 Å². The lowest BCUT2D eigenvalue weighted by Crippen LogP contribution is -2.48. The molecule has 1 saturated heterocycles. The number of nitrogens with zero attached hydrogens (tertiary/aromatic N) is 1. The summed E-state index contributed by atoms with van der Waals surface area (Å²) in [6, 6.07) is 1.44. The highest BCUT2D eigenvalue weighted by Crippen LogP contribution is 2.38. The van der Waals surface area contributed by atoms with E-state index in [0.717, 1.165) is 0 Å². The number of rotatable bonds is 3. The average Bonchev–Trinajstić information content (AvgIpc) is 2.77. The molecule has 0 bridgehead atoms. The summed E-state index contributed by atoms with van der Waals surface area (Å²) < 4.78 is 44.8. The number of nitrogens with one attached hydrogen (secondary N) is 1. The fraction of sp³-hybridized carbons (Fsp3) is 0.667. The highest BCUT2D eigenvalue weighted by molar-refractivity contribution is 5.85. The van der Waals surface area contributed by atoms with Crippen molar-refractivity contribution in [2.75, 3.05) is 26.2 Å². The molecule has 0 aromatic carbocycles. The summed E-state index contributed by atoms with van der Waals surface area (Å²) >= 11 is 0. The number of furan rings is 1. The van der Waals surface area contributed by atoms with Gasteiger partial charge in [-0.2, -0.15) is 13.2 Å². The van der Waals surface area contributed by atoms with Gasteiger partial charge in [-0.3, -0.25) is 4.90 Å². The Hall–Kier alpha value is -0.430. The predicted molar refractivity (Wildman–Crippen MR) is 75.8 cm³/mol. The van der Waals surface area contributed by atoms with Crippen LogP contribution in [0.15, 0.2) is 16.5 Å². The molecule has 0 amide bonds. The molecule has 1 N–H and O–H groups in total. The molecule has 20 heavy (non-hydrogen) atoms. The third kappa shape index (κ3) is 4.55. The van der Waals surface area contributed by atoms with Gasteiger partial charge in [-0.1, -0.05) is 6.92 Å². The molecule has 3 nitrogen and oxygen atoms in total. The van der Waals surface area contributed by atoms with Crippen LogP contribution in [0.1, 0.15) is 24.5 Å². The van der Waals surface area contributed by atoms with Crippen LogP contribution in [-0.4, -0.2) is 37.3 Å². The lowest BCUT2D eigenvalue weighted by molar-refractivity contribution is -0.192. The lowest BCUT2D eigenvalue weighted by atomic mass is 10.1. The Morgan fingerprint density at radius 1 is 1.25 bits per heavy atom. The predicted octanol–water partition coefficient (Wildman–Crippen LogP) is 3.19. The van der Waals surface area contributed by atoms with Gasteiger partial charge in [-0.15, -0.1) is 24.8 Å². The van der Waals surface area contributed by atoms with Crippen LogP contribution in [0.25, 0.3) is 0 Å². The fourth-order valence-electron chi connectivity index (χ4n) is 2.22. The first-order valence-corrected chi connectivity index (χ1v) is 6.12. The Bertz CT molecular complexity index is 392. The second-order valence-corrected chi connectivity index (χ2v) is 4.39. The van der Waals surface area contributed by atoms with Gasteiger partial charge >= 0.3 is 6.18 Å². The molecule has 0 radical (unpaired) electrons. The zero-order valence-corrected chi connectivity index (χ0v) is 12.7. The van der Waals surface area contributed by atoms with Crippen LogP contribution < -0.4 is 5.32 Å². The van der Waals surface area contributed by atoms with E-state index in [2.05, 4.69) is 5.32 Å². The van der Waals surface area contributed by atoms with Crippen molar-refractivity contribution >= 4 is 24.8 Å². The summed E-state index contributed by atoms with van der Waals surface area (Å²) in [7, 11) is 0. The smallest absolute Gasteiger partial charge is 0.411 e. The quantitative estimate of drug-likeness (QED) is 0.920. The van der Waals surface area contributed by atoms with E-state index in [1.54, 1.807) is 6.07 Å². The SMILES string of the molecule is CCc1ccc([C@@H](N2CCNCC2)C(F)(F)F)o1.Cl.Cl. The summed E-state index contributed by atoms with van der Waals surface area (Å²) in [5, 5.41) is 3.05. The monoisotopic (exact) mass is 334 g/mol. The minimum absolute atomic E-state index is 0. The van der Waals surface area contributed by atoms with Crippen molar-refractivity contribution in [2.45, 2.75) is 25.6 Å². The summed E-state index contributed by atoms with van der Waals surface area (Å²) in [5.41, 5.74) is 0. The number of halogens is 5.